The number of hydrogen-bond donors (Lipinski definition) is 2. The van der Waals surface area contributed by atoms with Crippen molar-refractivity contribution in [1.82, 2.24) is 5.32 Å². The van der Waals surface area contributed by atoms with Crippen LogP contribution in [0.5, 0.6) is 0 Å². The van der Waals surface area contributed by atoms with E-state index in [4.69, 9.17) is 5.73 Å². The Hall–Kier alpha value is -0.760. The Kier molecular flexibility index (Phi) is 14.8. The van der Waals surface area contributed by atoms with Gasteiger partial charge in [0.1, 0.15) is 0 Å². The van der Waals surface area contributed by atoms with Gasteiger partial charge in [-0.1, -0.05) is 26.5 Å². The van der Waals surface area contributed by atoms with Crippen LogP contribution in [-0.4, -0.2) is 12.6 Å². The molecular formula is C10H22N2. The molecule has 0 aromatic rings. The van der Waals surface area contributed by atoms with Crippen LogP contribution < -0.4 is 11.1 Å². The highest BCUT2D eigenvalue weighted by atomic mass is 14.8. The van der Waals surface area contributed by atoms with Crippen molar-refractivity contribution in [2.45, 2.75) is 32.7 Å². The molecule has 0 aliphatic carbocycles. The van der Waals surface area contributed by atoms with Gasteiger partial charge in [-0.3, -0.25) is 0 Å². The fourth-order valence-electron chi connectivity index (χ4n) is 0.660. The molecule has 0 aromatic heterocycles. The maximum absolute atomic E-state index is 5.58. The predicted molar refractivity (Wildman–Crippen MR) is 57.0 cm³/mol. The van der Waals surface area contributed by atoms with E-state index in [1.54, 1.807) is 12.3 Å². The quantitative estimate of drug-likeness (QED) is 0.473. The van der Waals surface area contributed by atoms with E-state index in [2.05, 4.69) is 18.5 Å². The number of nitrogens with one attached hydrogen (secondary N) is 1. The lowest BCUT2D eigenvalue weighted by molar-refractivity contribution is 0.645. The molecule has 0 bridgehead atoms. The first-order valence-electron chi connectivity index (χ1n) is 4.53. The van der Waals surface area contributed by atoms with Crippen molar-refractivity contribution in [2.24, 2.45) is 5.73 Å². The number of nitrogens with two attached hydrogens (primary N) is 1. The average Bonchev–Trinajstić information content (AvgIpc) is 2.15. The molecule has 0 amide bonds. The highest BCUT2D eigenvalue weighted by molar-refractivity contribution is 4.82. The fourth-order valence-corrected chi connectivity index (χ4v) is 0.660. The minimum absolute atomic E-state index is 0.145. The molecule has 0 spiro atoms. The van der Waals surface area contributed by atoms with Crippen molar-refractivity contribution in [3.05, 3.63) is 25.4 Å². The van der Waals surface area contributed by atoms with Crippen molar-refractivity contribution in [3.63, 3.8) is 0 Å². The van der Waals surface area contributed by atoms with Gasteiger partial charge in [-0.15, -0.1) is 6.58 Å². The number of rotatable bonds is 6. The van der Waals surface area contributed by atoms with Gasteiger partial charge >= 0.3 is 0 Å². The predicted octanol–water partition coefficient (Wildman–Crippen LogP) is 2.04. The highest BCUT2D eigenvalue weighted by Gasteiger charge is 1.93. The van der Waals surface area contributed by atoms with E-state index in [1.165, 1.54) is 0 Å². The van der Waals surface area contributed by atoms with Gasteiger partial charge < -0.3 is 11.1 Å². The van der Waals surface area contributed by atoms with Gasteiger partial charge in [-0.05, 0) is 19.0 Å². The normalized spacial score (nSPS) is 10.6. The molecule has 0 heterocycles. The lowest BCUT2D eigenvalue weighted by Gasteiger charge is -2.04. The Morgan fingerprint density at radius 3 is 2.42 bits per heavy atom. The third kappa shape index (κ3) is 12.0. The summed E-state index contributed by atoms with van der Waals surface area (Å²) in [5.41, 5.74) is 5.58. The molecule has 0 radical (unpaired) electrons. The summed E-state index contributed by atoms with van der Waals surface area (Å²) in [4.78, 5) is 0. The maximum atomic E-state index is 5.58. The second-order valence-corrected chi connectivity index (χ2v) is 2.20. The lowest BCUT2D eigenvalue weighted by Crippen LogP contribution is -2.18. The van der Waals surface area contributed by atoms with Gasteiger partial charge in [0.25, 0.3) is 0 Å². The van der Waals surface area contributed by atoms with E-state index >= 15 is 0 Å². The summed E-state index contributed by atoms with van der Waals surface area (Å²) in [6, 6.07) is 0.145. The zero-order valence-corrected chi connectivity index (χ0v) is 8.34. The third-order valence-corrected chi connectivity index (χ3v) is 1.31. The van der Waals surface area contributed by atoms with E-state index in [0.29, 0.717) is 0 Å². The monoisotopic (exact) mass is 170 g/mol. The van der Waals surface area contributed by atoms with E-state index in [1.807, 2.05) is 13.8 Å². The van der Waals surface area contributed by atoms with Crippen LogP contribution >= 0.6 is 0 Å². The summed E-state index contributed by atoms with van der Waals surface area (Å²) in [5.74, 6) is 0. The smallest absolute Gasteiger partial charge is 0.0221 e. The Morgan fingerprint density at radius 2 is 2.00 bits per heavy atom. The average molecular weight is 170 g/mol. The van der Waals surface area contributed by atoms with Crippen LogP contribution in [0, 0.1) is 0 Å². The molecule has 0 rings (SSSR count). The molecule has 0 aliphatic rings. The van der Waals surface area contributed by atoms with Gasteiger partial charge in [0.05, 0.1) is 0 Å². The SMILES string of the molecule is C=CNCCCC(N)C=C.CC. The molecule has 0 fully saturated rings. The van der Waals surface area contributed by atoms with Gasteiger partial charge in [0, 0.05) is 12.6 Å². The summed E-state index contributed by atoms with van der Waals surface area (Å²) < 4.78 is 0. The lowest BCUT2D eigenvalue weighted by atomic mass is 10.2. The Labute approximate surface area is 76.5 Å². The van der Waals surface area contributed by atoms with Crippen LogP contribution in [0.1, 0.15) is 26.7 Å². The summed E-state index contributed by atoms with van der Waals surface area (Å²) in [6.45, 7) is 12.1. The van der Waals surface area contributed by atoms with Gasteiger partial charge in [-0.2, -0.15) is 0 Å². The zero-order chi connectivity index (χ0) is 9.82. The van der Waals surface area contributed by atoms with Gasteiger partial charge in [0.2, 0.25) is 0 Å². The van der Waals surface area contributed by atoms with Crippen molar-refractivity contribution >= 4 is 0 Å². The van der Waals surface area contributed by atoms with Crippen molar-refractivity contribution in [2.75, 3.05) is 6.54 Å². The summed E-state index contributed by atoms with van der Waals surface area (Å²) >= 11 is 0. The molecule has 3 N–H and O–H groups in total. The highest BCUT2D eigenvalue weighted by Crippen LogP contribution is 1.92. The van der Waals surface area contributed by atoms with Crippen LogP contribution in [0.25, 0.3) is 0 Å². The molecular weight excluding hydrogens is 148 g/mol. The first kappa shape index (κ1) is 13.8. The minimum atomic E-state index is 0.145. The molecule has 72 valence electrons. The Balaban J connectivity index is 0. The molecule has 0 saturated heterocycles. The van der Waals surface area contributed by atoms with Crippen LogP contribution in [0.2, 0.25) is 0 Å². The van der Waals surface area contributed by atoms with Gasteiger partial charge in [0.15, 0.2) is 0 Å². The maximum Gasteiger partial charge on any atom is 0.0221 e. The van der Waals surface area contributed by atoms with E-state index in [0.717, 1.165) is 19.4 Å². The van der Waals surface area contributed by atoms with E-state index in [9.17, 15) is 0 Å². The van der Waals surface area contributed by atoms with Crippen molar-refractivity contribution in [3.8, 4) is 0 Å². The molecule has 0 aliphatic heterocycles. The standard InChI is InChI=1S/C8H16N2.C2H6/c1-3-8(9)6-5-7-10-4-2;1-2/h3-4,8,10H,1-2,5-7,9H2;1-2H3. The van der Waals surface area contributed by atoms with Crippen molar-refractivity contribution < 1.29 is 0 Å². The molecule has 0 saturated carbocycles. The van der Waals surface area contributed by atoms with Crippen LogP contribution in [0.4, 0.5) is 0 Å². The molecule has 1 atom stereocenters. The van der Waals surface area contributed by atoms with Crippen LogP contribution in [-0.2, 0) is 0 Å². The van der Waals surface area contributed by atoms with E-state index < -0.39 is 0 Å². The topological polar surface area (TPSA) is 38.0 Å². The summed E-state index contributed by atoms with van der Waals surface area (Å²) in [7, 11) is 0. The fraction of sp³-hybridized carbons (Fsp3) is 0.600. The summed E-state index contributed by atoms with van der Waals surface area (Å²) in [6.07, 6.45) is 5.52. The molecule has 12 heavy (non-hydrogen) atoms. The summed E-state index contributed by atoms with van der Waals surface area (Å²) in [5, 5.41) is 3.00. The molecule has 0 aromatic carbocycles. The zero-order valence-electron chi connectivity index (χ0n) is 8.34. The molecule has 2 heteroatoms. The molecule has 1 unspecified atom stereocenters. The largest absolute Gasteiger partial charge is 0.391 e. The first-order chi connectivity index (χ1) is 5.81. The second kappa shape index (κ2) is 12.9. The Morgan fingerprint density at radius 1 is 1.42 bits per heavy atom. The van der Waals surface area contributed by atoms with Crippen molar-refractivity contribution in [1.29, 1.82) is 0 Å². The Bertz CT molecular complexity index is 100. The number of hydrogen-bond acceptors (Lipinski definition) is 2. The second-order valence-electron chi connectivity index (χ2n) is 2.20. The molecule has 2 nitrogen and oxygen atoms in total. The van der Waals surface area contributed by atoms with Gasteiger partial charge in [-0.25, -0.2) is 0 Å². The first-order valence-corrected chi connectivity index (χ1v) is 4.53. The van der Waals surface area contributed by atoms with Crippen LogP contribution in [0.3, 0.4) is 0 Å². The van der Waals surface area contributed by atoms with E-state index in [-0.39, 0.29) is 6.04 Å². The van der Waals surface area contributed by atoms with Crippen LogP contribution in [0.15, 0.2) is 25.4 Å². The third-order valence-electron chi connectivity index (χ3n) is 1.31. The minimum Gasteiger partial charge on any atom is -0.391 e.